The van der Waals surface area contributed by atoms with Gasteiger partial charge in [-0.25, -0.2) is 0 Å². The molecule has 2 aliphatic rings. The highest BCUT2D eigenvalue weighted by Gasteiger charge is 2.36. The van der Waals surface area contributed by atoms with Crippen LogP contribution in [0.25, 0.3) is 0 Å². The molecule has 2 heterocycles. The van der Waals surface area contributed by atoms with Crippen LogP contribution in [-0.2, 0) is 9.59 Å². The summed E-state index contributed by atoms with van der Waals surface area (Å²) in [6.45, 7) is 3.42. The minimum atomic E-state index is -0.367. The number of nitrogens with zero attached hydrogens (tertiary/aromatic N) is 2. The average Bonchev–Trinajstić information content (AvgIpc) is 2.87. The van der Waals surface area contributed by atoms with E-state index < -0.39 is 0 Å². The fourth-order valence-electron chi connectivity index (χ4n) is 3.39. The summed E-state index contributed by atoms with van der Waals surface area (Å²) >= 11 is 0. The smallest absolute Gasteiger partial charge is 0.253 e. The number of anilines is 2. The summed E-state index contributed by atoms with van der Waals surface area (Å²) in [5, 5.41) is 2.85. The van der Waals surface area contributed by atoms with Crippen molar-refractivity contribution in [1.29, 1.82) is 0 Å². The maximum atomic E-state index is 12.7. The third kappa shape index (κ3) is 2.93. The van der Waals surface area contributed by atoms with Crippen LogP contribution in [0.3, 0.4) is 0 Å². The summed E-state index contributed by atoms with van der Waals surface area (Å²) in [4.78, 5) is 39.6. The topological polar surface area (TPSA) is 95.7 Å². The molecule has 0 saturated carbocycles. The van der Waals surface area contributed by atoms with Crippen LogP contribution >= 0.6 is 0 Å². The van der Waals surface area contributed by atoms with Crippen LogP contribution in [0.2, 0.25) is 0 Å². The Kier molecular flexibility index (Phi) is 4.17. The van der Waals surface area contributed by atoms with E-state index >= 15 is 0 Å². The molecular weight excluding hydrogens is 308 g/mol. The minimum Gasteiger partial charge on any atom is -0.372 e. The van der Waals surface area contributed by atoms with E-state index in [0.717, 1.165) is 5.69 Å². The van der Waals surface area contributed by atoms with Crippen LogP contribution < -0.4 is 16.0 Å². The third-order valence-electron chi connectivity index (χ3n) is 4.87. The number of benzene rings is 1. The van der Waals surface area contributed by atoms with Gasteiger partial charge in [0.25, 0.3) is 5.91 Å². The minimum absolute atomic E-state index is 0.0538. The van der Waals surface area contributed by atoms with Crippen LogP contribution in [0.15, 0.2) is 18.2 Å². The summed E-state index contributed by atoms with van der Waals surface area (Å²) in [6, 6.07) is 5.32. The fourth-order valence-corrected chi connectivity index (χ4v) is 3.39. The fraction of sp³-hybridized carbons (Fsp3) is 0.471. The number of rotatable bonds is 2. The second kappa shape index (κ2) is 6.14. The highest BCUT2D eigenvalue weighted by molar-refractivity contribution is 6.01. The SMILES string of the molecule is C[C@@H]1CN(C(=O)c2ccc3c(c2)NC(=O)CCN3C)C[C@H]1C(N)=O. The predicted octanol–water partition coefficient (Wildman–Crippen LogP) is 0.658. The van der Waals surface area contributed by atoms with E-state index in [4.69, 9.17) is 5.73 Å². The Bertz CT molecular complexity index is 703. The van der Waals surface area contributed by atoms with Crippen LogP contribution in [0.1, 0.15) is 23.7 Å². The van der Waals surface area contributed by atoms with Gasteiger partial charge in [-0.1, -0.05) is 6.92 Å². The van der Waals surface area contributed by atoms with Crippen molar-refractivity contribution >= 4 is 29.1 Å². The van der Waals surface area contributed by atoms with Gasteiger partial charge in [-0.15, -0.1) is 0 Å². The molecule has 3 rings (SSSR count). The number of amides is 3. The average molecular weight is 330 g/mol. The summed E-state index contributed by atoms with van der Waals surface area (Å²) < 4.78 is 0. The molecule has 7 heteroatoms. The van der Waals surface area contributed by atoms with Crippen LogP contribution in [0.4, 0.5) is 11.4 Å². The first-order valence-corrected chi connectivity index (χ1v) is 8.10. The number of likely N-dealkylation sites (tertiary alicyclic amines) is 1. The molecule has 1 saturated heterocycles. The van der Waals surface area contributed by atoms with Gasteiger partial charge in [-0.05, 0) is 24.1 Å². The highest BCUT2D eigenvalue weighted by Crippen LogP contribution is 2.30. The van der Waals surface area contributed by atoms with E-state index in [-0.39, 0.29) is 29.6 Å². The van der Waals surface area contributed by atoms with E-state index in [0.29, 0.717) is 37.3 Å². The largest absolute Gasteiger partial charge is 0.372 e. The van der Waals surface area contributed by atoms with Crippen LogP contribution in [-0.4, -0.2) is 49.3 Å². The normalized spacial score (nSPS) is 23.5. The Morgan fingerprint density at radius 3 is 2.71 bits per heavy atom. The van der Waals surface area contributed by atoms with E-state index in [2.05, 4.69) is 5.32 Å². The molecule has 128 valence electrons. The van der Waals surface area contributed by atoms with Gasteiger partial charge < -0.3 is 20.9 Å². The van der Waals surface area contributed by atoms with E-state index in [9.17, 15) is 14.4 Å². The van der Waals surface area contributed by atoms with Crippen LogP contribution in [0.5, 0.6) is 0 Å². The van der Waals surface area contributed by atoms with E-state index in [1.54, 1.807) is 17.0 Å². The van der Waals surface area contributed by atoms with Crippen molar-refractivity contribution in [2.24, 2.45) is 17.6 Å². The Hall–Kier alpha value is -2.57. The molecule has 0 bridgehead atoms. The molecule has 0 radical (unpaired) electrons. The van der Waals surface area contributed by atoms with Crippen molar-refractivity contribution in [3.63, 3.8) is 0 Å². The molecule has 0 spiro atoms. The molecule has 0 aromatic heterocycles. The molecule has 3 amide bonds. The summed E-state index contributed by atoms with van der Waals surface area (Å²) in [5.41, 5.74) is 7.43. The Morgan fingerprint density at radius 1 is 1.29 bits per heavy atom. The third-order valence-corrected chi connectivity index (χ3v) is 4.87. The van der Waals surface area contributed by atoms with Crippen molar-refractivity contribution in [2.45, 2.75) is 13.3 Å². The molecule has 0 aliphatic carbocycles. The van der Waals surface area contributed by atoms with Crippen molar-refractivity contribution in [1.82, 2.24) is 4.90 Å². The van der Waals surface area contributed by atoms with Gasteiger partial charge in [0.1, 0.15) is 0 Å². The number of fused-ring (bicyclic) bond motifs is 1. The first-order valence-electron chi connectivity index (χ1n) is 8.10. The first kappa shape index (κ1) is 16.3. The summed E-state index contributed by atoms with van der Waals surface area (Å²) in [7, 11) is 1.92. The zero-order valence-electron chi connectivity index (χ0n) is 13.9. The zero-order valence-corrected chi connectivity index (χ0v) is 13.9. The lowest BCUT2D eigenvalue weighted by molar-refractivity contribution is -0.122. The summed E-state index contributed by atoms with van der Waals surface area (Å²) in [6.07, 6.45) is 0.415. The summed E-state index contributed by atoms with van der Waals surface area (Å²) in [5.74, 6) is -0.823. The van der Waals surface area contributed by atoms with Gasteiger partial charge in [0.15, 0.2) is 0 Å². The van der Waals surface area contributed by atoms with Gasteiger partial charge in [-0.2, -0.15) is 0 Å². The monoisotopic (exact) mass is 330 g/mol. The maximum absolute atomic E-state index is 12.7. The number of carbonyl (C=O) groups is 3. The van der Waals surface area contributed by atoms with Gasteiger partial charge in [-0.3, -0.25) is 14.4 Å². The molecule has 2 aliphatic heterocycles. The predicted molar refractivity (Wildman–Crippen MR) is 90.7 cm³/mol. The molecule has 2 atom stereocenters. The molecule has 7 nitrogen and oxygen atoms in total. The Morgan fingerprint density at radius 2 is 2.04 bits per heavy atom. The lowest BCUT2D eigenvalue weighted by atomic mass is 9.98. The lowest BCUT2D eigenvalue weighted by Gasteiger charge is -2.20. The number of primary amides is 1. The molecule has 1 aromatic rings. The number of carbonyl (C=O) groups excluding carboxylic acids is 3. The zero-order chi connectivity index (χ0) is 17.4. The van der Waals surface area contributed by atoms with Gasteiger partial charge in [0.2, 0.25) is 11.8 Å². The van der Waals surface area contributed by atoms with Crippen molar-refractivity contribution < 1.29 is 14.4 Å². The highest BCUT2D eigenvalue weighted by atomic mass is 16.2. The van der Waals surface area contributed by atoms with Gasteiger partial charge in [0, 0.05) is 38.7 Å². The maximum Gasteiger partial charge on any atom is 0.253 e. The van der Waals surface area contributed by atoms with Crippen molar-refractivity contribution in [2.75, 3.05) is 36.9 Å². The van der Waals surface area contributed by atoms with E-state index in [1.807, 2.05) is 24.9 Å². The molecule has 0 unspecified atom stereocenters. The second-order valence-electron chi connectivity index (χ2n) is 6.65. The van der Waals surface area contributed by atoms with Gasteiger partial charge in [0.05, 0.1) is 17.3 Å². The second-order valence-corrected chi connectivity index (χ2v) is 6.65. The number of nitrogens with two attached hydrogens (primary N) is 1. The first-order chi connectivity index (χ1) is 11.4. The lowest BCUT2D eigenvalue weighted by Crippen LogP contribution is -2.32. The molecule has 3 N–H and O–H groups in total. The van der Waals surface area contributed by atoms with Gasteiger partial charge >= 0.3 is 0 Å². The standard InChI is InChI=1S/C17H22N4O3/c1-10-8-21(9-12(10)16(18)23)17(24)11-3-4-14-13(7-11)19-15(22)5-6-20(14)2/h3-4,7,10,12H,5-6,8-9H2,1-2H3,(H2,18,23)(H,19,22)/t10-,12-/m1/s1. The molecule has 24 heavy (non-hydrogen) atoms. The van der Waals surface area contributed by atoms with E-state index in [1.165, 1.54) is 0 Å². The van der Waals surface area contributed by atoms with Crippen molar-refractivity contribution in [3.05, 3.63) is 23.8 Å². The van der Waals surface area contributed by atoms with Crippen LogP contribution in [0, 0.1) is 11.8 Å². The molecular formula is C17H22N4O3. The van der Waals surface area contributed by atoms with Crippen molar-refractivity contribution in [3.8, 4) is 0 Å². The molecule has 1 fully saturated rings. The number of hydrogen-bond donors (Lipinski definition) is 2. The molecule has 1 aromatic carbocycles. The Labute approximate surface area is 140 Å². The number of hydrogen-bond acceptors (Lipinski definition) is 4. The Balaban J connectivity index is 1.84. The number of nitrogens with one attached hydrogen (secondary N) is 1. The quantitative estimate of drug-likeness (QED) is 0.832.